The van der Waals surface area contributed by atoms with Crippen molar-refractivity contribution in [3.8, 4) is 11.3 Å². The summed E-state index contributed by atoms with van der Waals surface area (Å²) >= 11 is 6.07. The zero-order valence-corrected chi connectivity index (χ0v) is 15.5. The van der Waals surface area contributed by atoms with Gasteiger partial charge in [-0.3, -0.25) is 9.89 Å². The minimum atomic E-state index is -0.148. The van der Waals surface area contributed by atoms with E-state index in [0.717, 1.165) is 28.8 Å². The fraction of sp³-hybridized carbons (Fsp3) is 0.238. The van der Waals surface area contributed by atoms with Crippen molar-refractivity contribution in [3.05, 3.63) is 75.9 Å². The lowest BCUT2D eigenvalue weighted by atomic mass is 9.96. The van der Waals surface area contributed by atoms with E-state index < -0.39 is 0 Å². The Morgan fingerprint density at radius 1 is 1.12 bits per heavy atom. The van der Waals surface area contributed by atoms with Crippen LogP contribution in [0.25, 0.3) is 11.3 Å². The van der Waals surface area contributed by atoms with Crippen LogP contribution in [0.2, 0.25) is 5.02 Å². The van der Waals surface area contributed by atoms with Gasteiger partial charge in [-0.1, -0.05) is 60.5 Å². The first-order valence-electron chi connectivity index (χ1n) is 8.82. The van der Waals surface area contributed by atoms with Crippen LogP contribution in [0.5, 0.6) is 0 Å². The maximum absolute atomic E-state index is 13.0. The highest BCUT2D eigenvalue weighted by Crippen LogP contribution is 2.42. The lowest BCUT2D eigenvalue weighted by Gasteiger charge is -2.26. The highest BCUT2D eigenvalue weighted by Gasteiger charge is 2.41. The van der Waals surface area contributed by atoms with E-state index in [2.05, 4.69) is 48.3 Å². The number of carbonyl (C=O) groups excluding carboxylic acids is 1. The molecule has 1 unspecified atom stereocenters. The SMILES string of the molecule is CCCN1C(=O)c2[nH]nc(-c3ccc(C)cc3)c2C1c1ccc(Cl)cc1. The second-order valence-electron chi connectivity index (χ2n) is 6.68. The molecule has 1 N–H and O–H groups in total. The Hall–Kier alpha value is -2.59. The third-order valence-corrected chi connectivity index (χ3v) is 5.09. The number of carbonyl (C=O) groups is 1. The van der Waals surface area contributed by atoms with Crippen molar-refractivity contribution in [2.24, 2.45) is 0 Å². The molecule has 2 aromatic carbocycles. The molecule has 3 aromatic rings. The van der Waals surface area contributed by atoms with E-state index in [1.165, 1.54) is 5.56 Å². The summed E-state index contributed by atoms with van der Waals surface area (Å²) in [5.74, 6) is 0.00709. The third kappa shape index (κ3) is 2.71. The molecule has 4 rings (SSSR count). The van der Waals surface area contributed by atoms with Crippen molar-refractivity contribution in [2.45, 2.75) is 26.3 Å². The fourth-order valence-corrected chi connectivity index (χ4v) is 3.72. The van der Waals surface area contributed by atoms with Gasteiger partial charge >= 0.3 is 0 Å². The highest BCUT2D eigenvalue weighted by molar-refractivity contribution is 6.30. The summed E-state index contributed by atoms with van der Waals surface area (Å²) in [5.41, 5.74) is 5.64. The number of nitrogens with zero attached hydrogens (tertiary/aromatic N) is 2. The first-order valence-corrected chi connectivity index (χ1v) is 9.19. The lowest BCUT2D eigenvalue weighted by Crippen LogP contribution is -2.30. The monoisotopic (exact) mass is 365 g/mol. The van der Waals surface area contributed by atoms with Gasteiger partial charge in [0, 0.05) is 22.7 Å². The maximum atomic E-state index is 13.0. The molecule has 2 heterocycles. The van der Waals surface area contributed by atoms with Crippen LogP contribution >= 0.6 is 11.6 Å². The van der Waals surface area contributed by atoms with E-state index in [1.54, 1.807) is 0 Å². The first-order chi connectivity index (χ1) is 12.6. The number of aromatic amines is 1. The van der Waals surface area contributed by atoms with Gasteiger partial charge in [-0.2, -0.15) is 5.10 Å². The Labute approximate surface area is 157 Å². The van der Waals surface area contributed by atoms with Crippen molar-refractivity contribution in [3.63, 3.8) is 0 Å². The molecule has 0 aliphatic carbocycles. The summed E-state index contributed by atoms with van der Waals surface area (Å²) in [6.45, 7) is 4.84. The molecule has 1 atom stereocenters. The van der Waals surface area contributed by atoms with Crippen LogP contribution in [0.1, 0.15) is 46.6 Å². The number of benzene rings is 2. The third-order valence-electron chi connectivity index (χ3n) is 4.84. The molecular formula is C21H20ClN3O. The Balaban J connectivity index is 1.87. The molecule has 1 aliphatic rings. The highest BCUT2D eigenvalue weighted by atomic mass is 35.5. The Morgan fingerprint density at radius 2 is 1.81 bits per heavy atom. The maximum Gasteiger partial charge on any atom is 0.273 e. The molecule has 26 heavy (non-hydrogen) atoms. The number of hydrogen-bond donors (Lipinski definition) is 1. The molecule has 1 amide bonds. The molecule has 1 aromatic heterocycles. The molecule has 0 fully saturated rings. The van der Waals surface area contributed by atoms with E-state index in [1.807, 2.05) is 29.2 Å². The summed E-state index contributed by atoms with van der Waals surface area (Å²) < 4.78 is 0. The van der Waals surface area contributed by atoms with Crippen LogP contribution in [0.4, 0.5) is 0 Å². The Bertz CT molecular complexity index is 944. The quantitative estimate of drug-likeness (QED) is 0.707. The largest absolute Gasteiger partial charge is 0.326 e. The number of aromatic nitrogens is 2. The van der Waals surface area contributed by atoms with Crippen molar-refractivity contribution in [2.75, 3.05) is 6.54 Å². The molecule has 0 bridgehead atoms. The first kappa shape index (κ1) is 16.9. The van der Waals surface area contributed by atoms with Crippen LogP contribution in [-0.2, 0) is 0 Å². The van der Waals surface area contributed by atoms with Gasteiger partial charge in [0.05, 0.1) is 11.7 Å². The molecule has 132 valence electrons. The van der Waals surface area contributed by atoms with Crippen molar-refractivity contribution < 1.29 is 4.79 Å². The number of hydrogen-bond acceptors (Lipinski definition) is 2. The second kappa shape index (κ2) is 6.61. The molecule has 0 saturated heterocycles. The molecule has 1 aliphatic heterocycles. The minimum absolute atomic E-state index is 0.00709. The van der Waals surface area contributed by atoms with E-state index in [-0.39, 0.29) is 11.9 Å². The predicted octanol–water partition coefficient (Wildman–Crippen LogP) is 4.99. The van der Waals surface area contributed by atoms with Crippen LogP contribution in [0, 0.1) is 6.92 Å². The van der Waals surface area contributed by atoms with Crippen molar-refractivity contribution in [1.29, 1.82) is 0 Å². The fourth-order valence-electron chi connectivity index (χ4n) is 3.59. The zero-order chi connectivity index (χ0) is 18.3. The number of nitrogens with one attached hydrogen (secondary N) is 1. The summed E-state index contributed by atoms with van der Waals surface area (Å²) in [7, 11) is 0. The summed E-state index contributed by atoms with van der Waals surface area (Å²) in [5, 5.41) is 8.15. The number of amides is 1. The topological polar surface area (TPSA) is 49.0 Å². The van der Waals surface area contributed by atoms with Crippen molar-refractivity contribution in [1.82, 2.24) is 15.1 Å². The van der Waals surface area contributed by atoms with Gasteiger partial charge in [-0.15, -0.1) is 0 Å². The van der Waals surface area contributed by atoms with Gasteiger partial charge in [-0.25, -0.2) is 0 Å². The van der Waals surface area contributed by atoms with Crippen LogP contribution in [0.3, 0.4) is 0 Å². The molecule has 4 nitrogen and oxygen atoms in total. The predicted molar refractivity (Wildman–Crippen MR) is 103 cm³/mol. The molecule has 5 heteroatoms. The standard InChI is InChI=1S/C21H20ClN3O/c1-3-12-25-20(15-8-10-16(22)11-9-15)17-18(23-24-19(17)21(25)26)14-6-4-13(2)5-7-14/h4-11,20H,3,12H2,1-2H3,(H,23,24). The zero-order valence-electron chi connectivity index (χ0n) is 14.8. The van der Waals surface area contributed by atoms with Gasteiger partial charge in [0.1, 0.15) is 5.69 Å². The van der Waals surface area contributed by atoms with Gasteiger partial charge < -0.3 is 4.90 Å². The van der Waals surface area contributed by atoms with E-state index in [4.69, 9.17) is 11.6 Å². The van der Waals surface area contributed by atoms with E-state index in [9.17, 15) is 4.79 Å². The molecule has 0 saturated carbocycles. The normalized spacial score (nSPS) is 16.2. The molecular weight excluding hydrogens is 346 g/mol. The van der Waals surface area contributed by atoms with Crippen LogP contribution < -0.4 is 0 Å². The van der Waals surface area contributed by atoms with Gasteiger partial charge in [0.25, 0.3) is 5.91 Å². The van der Waals surface area contributed by atoms with Crippen LogP contribution in [-0.4, -0.2) is 27.5 Å². The smallest absolute Gasteiger partial charge is 0.273 e. The summed E-state index contributed by atoms with van der Waals surface area (Å²) in [6, 6.07) is 15.8. The average Bonchev–Trinajstić information content (AvgIpc) is 3.17. The van der Waals surface area contributed by atoms with Gasteiger partial charge in [0.2, 0.25) is 0 Å². The summed E-state index contributed by atoms with van der Waals surface area (Å²) in [4.78, 5) is 14.9. The Kier molecular flexibility index (Phi) is 4.29. The summed E-state index contributed by atoms with van der Waals surface area (Å²) in [6.07, 6.45) is 0.896. The number of fused-ring (bicyclic) bond motifs is 1. The number of rotatable bonds is 4. The minimum Gasteiger partial charge on any atom is -0.326 e. The van der Waals surface area contributed by atoms with Crippen LogP contribution in [0.15, 0.2) is 48.5 Å². The number of H-pyrrole nitrogens is 1. The molecule has 0 spiro atoms. The van der Waals surface area contributed by atoms with Gasteiger partial charge in [0.15, 0.2) is 0 Å². The molecule has 0 radical (unpaired) electrons. The average molecular weight is 366 g/mol. The van der Waals surface area contributed by atoms with E-state index in [0.29, 0.717) is 17.3 Å². The van der Waals surface area contributed by atoms with Crippen molar-refractivity contribution >= 4 is 17.5 Å². The second-order valence-corrected chi connectivity index (χ2v) is 7.12. The lowest BCUT2D eigenvalue weighted by molar-refractivity contribution is 0.0744. The van der Waals surface area contributed by atoms with E-state index >= 15 is 0 Å². The van der Waals surface area contributed by atoms with Gasteiger partial charge in [-0.05, 0) is 31.0 Å². The number of halogens is 1. The Morgan fingerprint density at radius 3 is 2.46 bits per heavy atom. The number of aryl methyl sites for hydroxylation is 1.